The van der Waals surface area contributed by atoms with Crippen LogP contribution in [0.15, 0.2) is 6.07 Å². The van der Waals surface area contributed by atoms with Crippen molar-refractivity contribution in [3.05, 3.63) is 12.4 Å². The number of aromatic nitrogens is 2. The number of hydrogen-bond donors (Lipinski definition) is 0. The number of rotatable bonds is 2. The van der Waals surface area contributed by atoms with Crippen molar-refractivity contribution in [2.24, 2.45) is 0 Å². The van der Waals surface area contributed by atoms with Gasteiger partial charge in [-0.1, -0.05) is 0 Å². The van der Waals surface area contributed by atoms with Gasteiger partial charge in [-0.25, -0.2) is 9.97 Å². The SMILES string of the molecule is [c]1nc(N2CCCC2)cc(N2CCCC2)n1. The van der Waals surface area contributed by atoms with E-state index in [1.54, 1.807) is 0 Å². The standard InChI is InChI=1S/C12H17N4/c1-2-6-15(5-1)11-9-12(14-10-13-11)16-7-3-4-8-16/h9H,1-8H2. The van der Waals surface area contributed by atoms with Crippen molar-refractivity contribution in [3.63, 3.8) is 0 Å². The summed E-state index contributed by atoms with van der Waals surface area (Å²) in [6.45, 7) is 4.52. The second kappa shape index (κ2) is 4.28. The van der Waals surface area contributed by atoms with Crippen molar-refractivity contribution in [3.8, 4) is 0 Å². The van der Waals surface area contributed by atoms with Gasteiger partial charge in [-0.15, -0.1) is 0 Å². The van der Waals surface area contributed by atoms with E-state index in [0.29, 0.717) is 0 Å². The van der Waals surface area contributed by atoms with Crippen LogP contribution in [0.5, 0.6) is 0 Å². The predicted molar refractivity (Wildman–Crippen MR) is 63.8 cm³/mol. The van der Waals surface area contributed by atoms with E-state index in [1.807, 2.05) is 0 Å². The molecule has 0 saturated carbocycles. The molecule has 4 heteroatoms. The number of anilines is 2. The first kappa shape index (κ1) is 9.87. The van der Waals surface area contributed by atoms with E-state index in [4.69, 9.17) is 0 Å². The molecule has 85 valence electrons. The molecule has 2 saturated heterocycles. The maximum absolute atomic E-state index is 4.26. The zero-order chi connectivity index (χ0) is 10.8. The Morgan fingerprint density at radius 2 is 1.25 bits per heavy atom. The molecule has 0 N–H and O–H groups in total. The van der Waals surface area contributed by atoms with Gasteiger partial charge in [0.1, 0.15) is 11.6 Å². The second-order valence-electron chi connectivity index (χ2n) is 4.57. The van der Waals surface area contributed by atoms with Crippen LogP contribution in [0, 0.1) is 6.33 Å². The molecule has 1 aromatic rings. The van der Waals surface area contributed by atoms with Gasteiger partial charge >= 0.3 is 0 Å². The van der Waals surface area contributed by atoms with Gasteiger partial charge in [0.05, 0.1) is 0 Å². The Bertz CT molecular complexity index is 323. The van der Waals surface area contributed by atoms with Gasteiger partial charge in [-0.05, 0) is 25.7 Å². The number of nitrogens with zero attached hydrogens (tertiary/aromatic N) is 4. The Balaban J connectivity index is 1.81. The van der Waals surface area contributed by atoms with Gasteiger partial charge in [-0.3, -0.25) is 0 Å². The van der Waals surface area contributed by atoms with Gasteiger partial charge in [0.2, 0.25) is 6.33 Å². The molecule has 2 aliphatic rings. The molecule has 2 fully saturated rings. The van der Waals surface area contributed by atoms with Crippen LogP contribution >= 0.6 is 0 Å². The average molecular weight is 217 g/mol. The fourth-order valence-electron chi connectivity index (χ4n) is 2.52. The van der Waals surface area contributed by atoms with Crippen LogP contribution in [-0.4, -0.2) is 36.1 Å². The minimum atomic E-state index is 1.05. The molecule has 0 atom stereocenters. The van der Waals surface area contributed by atoms with Crippen molar-refractivity contribution in [2.45, 2.75) is 25.7 Å². The Morgan fingerprint density at radius 1 is 0.812 bits per heavy atom. The highest BCUT2D eigenvalue weighted by atomic mass is 15.2. The summed E-state index contributed by atoms with van der Waals surface area (Å²) >= 11 is 0. The Hall–Kier alpha value is -1.32. The Kier molecular flexibility index (Phi) is 2.64. The maximum Gasteiger partial charge on any atom is 0.201 e. The van der Waals surface area contributed by atoms with Gasteiger partial charge in [0.15, 0.2) is 0 Å². The Labute approximate surface area is 96.3 Å². The highest BCUT2D eigenvalue weighted by molar-refractivity contribution is 5.50. The van der Waals surface area contributed by atoms with E-state index in [1.165, 1.54) is 25.7 Å². The average Bonchev–Trinajstić information content (AvgIpc) is 3.03. The normalized spacial score (nSPS) is 20.8. The summed E-state index contributed by atoms with van der Waals surface area (Å²) in [5.74, 6) is 2.10. The van der Waals surface area contributed by atoms with Crippen LogP contribution in [0.1, 0.15) is 25.7 Å². The summed E-state index contributed by atoms with van der Waals surface area (Å²) in [5.41, 5.74) is 0. The molecule has 3 rings (SSSR count). The van der Waals surface area contributed by atoms with Gasteiger partial charge in [-0.2, -0.15) is 0 Å². The first-order valence-corrected chi connectivity index (χ1v) is 6.18. The molecule has 2 aliphatic heterocycles. The molecule has 16 heavy (non-hydrogen) atoms. The summed E-state index contributed by atoms with van der Waals surface area (Å²) in [5, 5.41) is 0. The van der Waals surface area contributed by atoms with Crippen LogP contribution in [0.2, 0.25) is 0 Å². The van der Waals surface area contributed by atoms with E-state index in [9.17, 15) is 0 Å². The Morgan fingerprint density at radius 3 is 1.69 bits per heavy atom. The van der Waals surface area contributed by atoms with E-state index >= 15 is 0 Å². The van der Waals surface area contributed by atoms with Gasteiger partial charge < -0.3 is 9.80 Å². The maximum atomic E-state index is 4.26. The van der Waals surface area contributed by atoms with E-state index < -0.39 is 0 Å². The summed E-state index contributed by atoms with van der Waals surface area (Å²) in [4.78, 5) is 13.2. The molecule has 4 nitrogen and oxygen atoms in total. The van der Waals surface area contributed by atoms with Crippen LogP contribution in [0.3, 0.4) is 0 Å². The first-order valence-electron chi connectivity index (χ1n) is 6.18. The molecule has 3 heterocycles. The smallest absolute Gasteiger partial charge is 0.201 e. The van der Waals surface area contributed by atoms with Crippen LogP contribution in [-0.2, 0) is 0 Å². The molecule has 0 aliphatic carbocycles. The molecular formula is C12H17N4. The molecule has 0 spiro atoms. The first-order chi connectivity index (χ1) is 7.93. The molecule has 0 amide bonds. The quantitative estimate of drug-likeness (QED) is 0.751. The highest BCUT2D eigenvalue weighted by Gasteiger charge is 2.17. The van der Waals surface area contributed by atoms with Crippen molar-refractivity contribution in [1.82, 2.24) is 9.97 Å². The third kappa shape index (κ3) is 1.84. The lowest BCUT2D eigenvalue weighted by Crippen LogP contribution is -2.22. The van der Waals surface area contributed by atoms with Gasteiger partial charge in [0.25, 0.3) is 0 Å². The molecular weight excluding hydrogens is 200 g/mol. The molecule has 1 aromatic heterocycles. The monoisotopic (exact) mass is 217 g/mol. The fraction of sp³-hybridized carbons (Fsp3) is 0.667. The van der Waals surface area contributed by atoms with Crippen LogP contribution in [0.25, 0.3) is 0 Å². The lowest BCUT2D eigenvalue weighted by molar-refractivity contribution is 0.892. The van der Waals surface area contributed by atoms with E-state index in [-0.39, 0.29) is 0 Å². The summed E-state index contributed by atoms with van der Waals surface area (Å²) in [6, 6.07) is 2.12. The molecule has 0 bridgehead atoms. The zero-order valence-corrected chi connectivity index (χ0v) is 9.52. The van der Waals surface area contributed by atoms with Crippen molar-refractivity contribution in [2.75, 3.05) is 36.0 Å². The van der Waals surface area contributed by atoms with E-state index in [2.05, 4.69) is 32.2 Å². The van der Waals surface area contributed by atoms with Crippen molar-refractivity contribution in [1.29, 1.82) is 0 Å². The zero-order valence-electron chi connectivity index (χ0n) is 9.52. The van der Waals surface area contributed by atoms with Crippen LogP contribution in [0.4, 0.5) is 11.6 Å². The third-order valence-corrected chi connectivity index (χ3v) is 3.45. The van der Waals surface area contributed by atoms with Gasteiger partial charge in [0, 0.05) is 32.2 Å². The lowest BCUT2D eigenvalue weighted by Gasteiger charge is -2.20. The molecule has 1 radical (unpaired) electrons. The van der Waals surface area contributed by atoms with Crippen LogP contribution < -0.4 is 9.80 Å². The molecule has 0 aromatic carbocycles. The largest absolute Gasteiger partial charge is 0.356 e. The topological polar surface area (TPSA) is 32.3 Å². The third-order valence-electron chi connectivity index (χ3n) is 3.45. The van der Waals surface area contributed by atoms with Crippen molar-refractivity contribution < 1.29 is 0 Å². The highest BCUT2D eigenvalue weighted by Crippen LogP contribution is 2.23. The predicted octanol–water partition coefficient (Wildman–Crippen LogP) is 1.48. The van der Waals surface area contributed by atoms with Crippen molar-refractivity contribution >= 4 is 11.6 Å². The summed E-state index contributed by atoms with van der Waals surface area (Å²) in [6.07, 6.45) is 7.92. The fourth-order valence-corrected chi connectivity index (χ4v) is 2.52. The summed E-state index contributed by atoms with van der Waals surface area (Å²) < 4.78 is 0. The summed E-state index contributed by atoms with van der Waals surface area (Å²) in [7, 11) is 0. The minimum absolute atomic E-state index is 1.05. The second-order valence-corrected chi connectivity index (χ2v) is 4.57. The minimum Gasteiger partial charge on any atom is -0.356 e. The number of hydrogen-bond acceptors (Lipinski definition) is 4. The lowest BCUT2D eigenvalue weighted by atomic mass is 10.4. The molecule has 0 unspecified atom stereocenters. The van der Waals surface area contributed by atoms with E-state index in [0.717, 1.165) is 37.8 Å².